The van der Waals surface area contributed by atoms with Crippen LogP contribution in [-0.2, 0) is 0 Å². The first kappa shape index (κ1) is 9.48. The Morgan fingerprint density at radius 1 is 1.30 bits per heavy atom. The highest BCUT2D eigenvalue weighted by Crippen LogP contribution is 2.03. The van der Waals surface area contributed by atoms with Crippen molar-refractivity contribution in [3.8, 4) is 0 Å². The van der Waals surface area contributed by atoms with E-state index in [2.05, 4.69) is 39.0 Å². The van der Waals surface area contributed by atoms with E-state index in [1.807, 2.05) is 0 Å². The summed E-state index contributed by atoms with van der Waals surface area (Å²) in [6.07, 6.45) is 10.9. The van der Waals surface area contributed by atoms with Crippen molar-refractivity contribution in [2.45, 2.75) is 40.0 Å². The molecule has 0 saturated heterocycles. The maximum Gasteiger partial charge on any atom is -0.0302 e. The minimum absolute atomic E-state index is 1.03. The largest absolute Gasteiger partial charge is 0.0845 e. The van der Waals surface area contributed by atoms with Crippen molar-refractivity contribution in [2.24, 2.45) is 0 Å². The van der Waals surface area contributed by atoms with E-state index in [1.54, 1.807) is 0 Å². The maximum atomic E-state index is 3.30. The van der Waals surface area contributed by atoms with Crippen LogP contribution in [0.2, 0.25) is 0 Å². The number of hydrogen-bond acceptors (Lipinski definition) is 0. The van der Waals surface area contributed by atoms with Gasteiger partial charge in [0.15, 0.2) is 0 Å². The zero-order valence-corrected chi connectivity index (χ0v) is 7.28. The van der Waals surface area contributed by atoms with E-state index < -0.39 is 0 Å². The maximum absolute atomic E-state index is 3.30. The van der Waals surface area contributed by atoms with Gasteiger partial charge in [0.2, 0.25) is 0 Å². The second kappa shape index (κ2) is 6.60. The predicted molar refractivity (Wildman–Crippen MR) is 46.8 cm³/mol. The highest BCUT2D eigenvalue weighted by atomic mass is 13.9. The third-order valence-electron chi connectivity index (χ3n) is 1.34. The van der Waals surface area contributed by atoms with Crippen LogP contribution in [-0.4, -0.2) is 0 Å². The highest BCUT2D eigenvalue weighted by Gasteiger charge is 1.84. The lowest BCUT2D eigenvalue weighted by atomic mass is 10.1. The van der Waals surface area contributed by atoms with E-state index in [-0.39, 0.29) is 0 Å². The van der Waals surface area contributed by atoms with E-state index in [1.165, 1.54) is 5.57 Å². The molecule has 0 heterocycles. The molecular weight excluding hydrogens is 120 g/mol. The molecule has 0 spiro atoms. The summed E-state index contributed by atoms with van der Waals surface area (Å²) in [5.74, 6) is 0. The van der Waals surface area contributed by atoms with Crippen LogP contribution >= 0.6 is 0 Å². The molecule has 0 N–H and O–H groups in total. The summed E-state index contributed by atoms with van der Waals surface area (Å²) in [5, 5.41) is 0. The van der Waals surface area contributed by atoms with E-state index in [9.17, 15) is 0 Å². The second-order valence-corrected chi connectivity index (χ2v) is 2.22. The van der Waals surface area contributed by atoms with Gasteiger partial charge in [0.25, 0.3) is 0 Å². The smallest absolute Gasteiger partial charge is 0.0302 e. The Morgan fingerprint density at radius 2 is 2.00 bits per heavy atom. The van der Waals surface area contributed by atoms with Crippen molar-refractivity contribution < 1.29 is 0 Å². The van der Waals surface area contributed by atoms with Crippen LogP contribution in [0, 0.1) is 6.08 Å². The normalized spacial score (nSPS) is 12.9. The van der Waals surface area contributed by atoms with Gasteiger partial charge in [-0.25, -0.2) is 0 Å². The van der Waals surface area contributed by atoms with Crippen LogP contribution in [0.1, 0.15) is 40.0 Å². The molecule has 0 fully saturated rings. The minimum atomic E-state index is 1.03. The molecule has 0 aliphatic carbocycles. The summed E-state index contributed by atoms with van der Waals surface area (Å²) in [6.45, 7) is 6.43. The van der Waals surface area contributed by atoms with Gasteiger partial charge in [0.1, 0.15) is 0 Å². The van der Waals surface area contributed by atoms with Gasteiger partial charge in [-0.15, -0.1) is 0 Å². The lowest BCUT2D eigenvalue weighted by Gasteiger charge is -1.92. The van der Waals surface area contributed by atoms with Crippen molar-refractivity contribution in [3.63, 3.8) is 0 Å². The van der Waals surface area contributed by atoms with Crippen LogP contribution < -0.4 is 0 Å². The third kappa shape index (κ3) is 4.37. The Bertz CT molecular complexity index is 118. The zero-order valence-electron chi connectivity index (χ0n) is 7.28. The quantitative estimate of drug-likeness (QED) is 0.520. The van der Waals surface area contributed by atoms with Crippen LogP contribution in [0.15, 0.2) is 17.7 Å². The standard InChI is InChI=1S/C10H17/c1-4-7-9-10(6-3)8-5-2/h7,9H,4-6H2,1-3H3. The summed E-state index contributed by atoms with van der Waals surface area (Å²) < 4.78 is 0. The van der Waals surface area contributed by atoms with Crippen molar-refractivity contribution >= 4 is 0 Å². The van der Waals surface area contributed by atoms with E-state index in [0.29, 0.717) is 0 Å². The molecule has 0 saturated carbocycles. The Hall–Kier alpha value is -0.520. The topological polar surface area (TPSA) is 0 Å². The summed E-state index contributed by atoms with van der Waals surface area (Å²) in [4.78, 5) is 0. The predicted octanol–water partition coefficient (Wildman–Crippen LogP) is 3.50. The summed E-state index contributed by atoms with van der Waals surface area (Å²) in [7, 11) is 0. The monoisotopic (exact) mass is 137 g/mol. The molecule has 0 rings (SSSR count). The molecule has 0 aromatic rings. The summed E-state index contributed by atoms with van der Waals surface area (Å²) in [5.41, 5.74) is 1.34. The summed E-state index contributed by atoms with van der Waals surface area (Å²) >= 11 is 0. The molecule has 10 heavy (non-hydrogen) atoms. The second-order valence-electron chi connectivity index (χ2n) is 2.22. The summed E-state index contributed by atoms with van der Waals surface area (Å²) in [6, 6.07) is 0. The van der Waals surface area contributed by atoms with Crippen LogP contribution in [0.3, 0.4) is 0 Å². The Labute approximate surface area is 64.6 Å². The van der Waals surface area contributed by atoms with Gasteiger partial charge in [-0.05, 0) is 30.9 Å². The lowest BCUT2D eigenvalue weighted by molar-refractivity contribution is 1.07. The molecule has 0 aromatic heterocycles. The molecule has 1 radical (unpaired) electrons. The average Bonchev–Trinajstić information content (AvgIpc) is 1.98. The van der Waals surface area contributed by atoms with Crippen LogP contribution in [0.25, 0.3) is 0 Å². The number of allylic oxidation sites excluding steroid dienone is 4. The number of rotatable bonds is 4. The molecule has 0 aromatic carbocycles. The van der Waals surface area contributed by atoms with Crippen molar-refractivity contribution in [2.75, 3.05) is 0 Å². The van der Waals surface area contributed by atoms with Crippen LogP contribution in [0.5, 0.6) is 0 Å². The van der Waals surface area contributed by atoms with E-state index >= 15 is 0 Å². The minimum Gasteiger partial charge on any atom is -0.0845 e. The molecule has 0 heteroatoms. The average molecular weight is 137 g/mol. The Kier molecular flexibility index (Phi) is 6.25. The van der Waals surface area contributed by atoms with Gasteiger partial charge in [-0.2, -0.15) is 0 Å². The van der Waals surface area contributed by atoms with E-state index in [4.69, 9.17) is 0 Å². The first-order valence-corrected chi connectivity index (χ1v) is 4.11. The zero-order chi connectivity index (χ0) is 7.82. The molecule has 0 nitrogen and oxygen atoms in total. The van der Waals surface area contributed by atoms with Gasteiger partial charge in [0, 0.05) is 0 Å². The SMILES string of the molecule is CC/[C]=C(/C=CCC)CC. The van der Waals surface area contributed by atoms with E-state index in [0.717, 1.165) is 19.3 Å². The fraction of sp³-hybridized carbons (Fsp3) is 0.600. The molecule has 57 valence electrons. The Balaban J connectivity index is 3.82. The number of hydrogen-bond donors (Lipinski definition) is 0. The lowest BCUT2D eigenvalue weighted by Crippen LogP contribution is -1.74. The molecular formula is C10H17. The molecule has 0 atom stereocenters. The molecule has 0 aliphatic heterocycles. The van der Waals surface area contributed by atoms with Crippen LogP contribution in [0.4, 0.5) is 0 Å². The third-order valence-corrected chi connectivity index (χ3v) is 1.34. The molecule has 0 amide bonds. The first-order valence-electron chi connectivity index (χ1n) is 4.11. The molecule has 0 bridgehead atoms. The Morgan fingerprint density at radius 3 is 2.40 bits per heavy atom. The highest BCUT2D eigenvalue weighted by molar-refractivity contribution is 5.14. The van der Waals surface area contributed by atoms with Gasteiger partial charge in [0.05, 0.1) is 0 Å². The van der Waals surface area contributed by atoms with Gasteiger partial charge < -0.3 is 0 Å². The first-order chi connectivity index (χ1) is 4.85. The van der Waals surface area contributed by atoms with Gasteiger partial charge >= 0.3 is 0 Å². The van der Waals surface area contributed by atoms with Gasteiger partial charge in [-0.3, -0.25) is 0 Å². The van der Waals surface area contributed by atoms with Crippen molar-refractivity contribution in [3.05, 3.63) is 23.8 Å². The molecule has 0 unspecified atom stereocenters. The van der Waals surface area contributed by atoms with Crippen molar-refractivity contribution in [1.29, 1.82) is 0 Å². The van der Waals surface area contributed by atoms with Gasteiger partial charge in [-0.1, -0.05) is 32.9 Å². The molecule has 0 aliphatic rings. The van der Waals surface area contributed by atoms with Crippen molar-refractivity contribution in [1.82, 2.24) is 0 Å². The fourth-order valence-electron chi connectivity index (χ4n) is 0.789. The fourth-order valence-corrected chi connectivity index (χ4v) is 0.789.